The largest absolute Gasteiger partial charge is 0.510 e. The zero-order chi connectivity index (χ0) is 27.2. The van der Waals surface area contributed by atoms with Gasteiger partial charge in [0.25, 0.3) is 5.91 Å². The highest BCUT2D eigenvalue weighted by Crippen LogP contribution is 2.67. The first kappa shape index (κ1) is 25.2. The minimum atomic E-state index is -2.40. The highest BCUT2D eigenvalue weighted by Gasteiger charge is 2.85. The van der Waals surface area contributed by atoms with E-state index < -0.39 is 58.0 Å². The number of likely N-dealkylation sites (N-methyl/N-ethyl adjacent to an activating group) is 1. The quantitative estimate of drug-likeness (QED) is 0.193. The van der Waals surface area contributed by atoms with Crippen molar-refractivity contribution in [3.8, 4) is 5.75 Å². The number of primary amides is 1. The number of carbonyl (C=O) groups excluding carboxylic acids is 2. The standard InChI is InChI=1S/C26H32N4O7/c1-24(2,3)29-28-10-11-6-7-15(31)17-13(11)8-12-9-14-19(30(4)5)21(33)18(23(27)35)26(36)25(14,37-26)22(34)16(12)20(17)32/h6-7,10,12,14,19,29,31-33,36H,8-9H2,1-5H3,(H2,27,35)/b28-10+/t12-,14-,19-,25-,26?/m0/s1. The molecular weight excluding hydrogens is 480 g/mol. The van der Waals surface area contributed by atoms with E-state index in [2.05, 4.69) is 10.5 Å². The third-order valence-corrected chi connectivity index (χ3v) is 7.75. The monoisotopic (exact) mass is 512 g/mol. The summed E-state index contributed by atoms with van der Waals surface area (Å²) in [6.07, 6.45) is 2.15. The summed E-state index contributed by atoms with van der Waals surface area (Å²) in [5, 5.41) is 48.5. The Bertz CT molecular complexity index is 1320. The van der Waals surface area contributed by atoms with Gasteiger partial charge in [0, 0.05) is 17.0 Å². The molecule has 1 saturated heterocycles. The average molecular weight is 513 g/mol. The number of hydrazone groups is 1. The Hall–Kier alpha value is -3.41. The van der Waals surface area contributed by atoms with Crippen LogP contribution in [0.15, 0.2) is 34.1 Å². The van der Waals surface area contributed by atoms with E-state index in [4.69, 9.17) is 10.5 Å². The van der Waals surface area contributed by atoms with Crippen LogP contribution in [0.3, 0.4) is 0 Å². The predicted octanol–water partition coefficient (Wildman–Crippen LogP) is 0.843. The number of benzene rings is 1. The van der Waals surface area contributed by atoms with Crippen LogP contribution in [0.5, 0.6) is 5.75 Å². The van der Waals surface area contributed by atoms with Gasteiger partial charge in [0.1, 0.15) is 22.8 Å². The lowest BCUT2D eigenvalue weighted by Crippen LogP contribution is -2.60. The maximum absolute atomic E-state index is 14.0. The molecule has 1 aliphatic heterocycles. The van der Waals surface area contributed by atoms with Crippen molar-refractivity contribution in [3.63, 3.8) is 0 Å². The molecule has 2 fully saturated rings. The minimum Gasteiger partial charge on any atom is -0.510 e. The van der Waals surface area contributed by atoms with Crippen LogP contribution in [0, 0.1) is 11.8 Å². The first-order valence-corrected chi connectivity index (χ1v) is 12.1. The number of phenols is 1. The number of nitrogens with two attached hydrogens (primary N) is 1. The molecule has 1 saturated carbocycles. The first-order valence-electron chi connectivity index (χ1n) is 12.1. The summed E-state index contributed by atoms with van der Waals surface area (Å²) in [5.41, 5.74) is 7.19. The van der Waals surface area contributed by atoms with Crippen LogP contribution in [0.25, 0.3) is 5.76 Å². The number of ketones is 1. The number of aliphatic hydroxyl groups is 3. The molecule has 1 aromatic rings. The zero-order valence-electron chi connectivity index (χ0n) is 21.4. The smallest absolute Gasteiger partial charge is 0.253 e. The number of Topliss-reactive ketones (excluding diaryl/α,β-unsaturated/α-hetero) is 1. The number of nitrogens with zero attached hydrogens (tertiary/aromatic N) is 2. The normalized spacial score (nSPS) is 32.7. The molecule has 1 aromatic carbocycles. The van der Waals surface area contributed by atoms with Crippen LogP contribution in [0.2, 0.25) is 0 Å². The van der Waals surface area contributed by atoms with Crippen molar-refractivity contribution in [2.45, 2.75) is 56.6 Å². The van der Waals surface area contributed by atoms with Crippen molar-refractivity contribution in [1.82, 2.24) is 10.3 Å². The fourth-order valence-electron chi connectivity index (χ4n) is 6.30. The van der Waals surface area contributed by atoms with E-state index in [1.165, 1.54) is 6.07 Å². The molecular formula is C26H32N4O7. The van der Waals surface area contributed by atoms with Crippen LogP contribution in [-0.4, -0.2) is 80.3 Å². The lowest BCUT2D eigenvalue weighted by molar-refractivity contribution is -0.127. The van der Waals surface area contributed by atoms with Gasteiger partial charge in [-0.3, -0.25) is 14.5 Å². The van der Waals surface area contributed by atoms with Gasteiger partial charge in [0.2, 0.25) is 11.6 Å². The summed E-state index contributed by atoms with van der Waals surface area (Å²) >= 11 is 0. The van der Waals surface area contributed by atoms with Gasteiger partial charge < -0.3 is 36.3 Å². The Balaban J connectivity index is 1.65. The van der Waals surface area contributed by atoms with Crippen molar-refractivity contribution in [3.05, 3.63) is 45.7 Å². The molecule has 5 atom stereocenters. The molecule has 37 heavy (non-hydrogen) atoms. The molecule has 1 spiro atoms. The fraction of sp³-hybridized carbons (Fsp3) is 0.500. The molecule has 0 aromatic heterocycles. The Morgan fingerprint density at radius 3 is 2.54 bits per heavy atom. The number of ether oxygens (including phenoxy) is 1. The summed E-state index contributed by atoms with van der Waals surface area (Å²) in [6.45, 7) is 5.88. The van der Waals surface area contributed by atoms with Gasteiger partial charge in [-0.05, 0) is 76.9 Å². The maximum atomic E-state index is 14.0. The number of hydrogen-bond acceptors (Lipinski definition) is 10. The van der Waals surface area contributed by atoms with Gasteiger partial charge in [0.15, 0.2) is 5.60 Å². The van der Waals surface area contributed by atoms with Crippen molar-refractivity contribution >= 4 is 23.7 Å². The number of hydrogen-bond donors (Lipinski definition) is 6. The second-order valence-electron chi connectivity index (χ2n) is 11.5. The molecule has 1 heterocycles. The van der Waals surface area contributed by atoms with Crippen LogP contribution in [0.4, 0.5) is 0 Å². The number of phenolic OH excluding ortho intramolecular Hbond substituents is 1. The number of rotatable bonds is 4. The molecule has 11 heteroatoms. The van der Waals surface area contributed by atoms with Crippen LogP contribution < -0.4 is 11.2 Å². The van der Waals surface area contributed by atoms with Gasteiger partial charge in [-0.1, -0.05) is 0 Å². The highest BCUT2D eigenvalue weighted by molar-refractivity contribution is 6.14. The number of amides is 1. The lowest BCUT2D eigenvalue weighted by atomic mass is 9.58. The fourth-order valence-corrected chi connectivity index (χ4v) is 6.30. The van der Waals surface area contributed by atoms with E-state index in [1.54, 1.807) is 31.3 Å². The summed E-state index contributed by atoms with van der Waals surface area (Å²) in [6, 6.07) is 2.27. The van der Waals surface area contributed by atoms with Gasteiger partial charge in [-0.25, -0.2) is 0 Å². The molecule has 4 aliphatic rings. The molecule has 7 N–H and O–H groups in total. The van der Waals surface area contributed by atoms with E-state index in [9.17, 15) is 30.0 Å². The molecule has 1 amide bonds. The number of aromatic hydroxyl groups is 1. The SMILES string of the molecule is CN(C)[C@@H]1C(O)=C(C(N)=O)C2(O)O[C@@]23C(=O)C2=C(O)c4c(O)ccc(/C=N/NC(C)(C)C)c4C[C@H]2C[C@@H]13. The Labute approximate surface area is 213 Å². The number of carbonyl (C=O) groups is 2. The van der Waals surface area contributed by atoms with E-state index in [1.807, 2.05) is 20.8 Å². The summed E-state index contributed by atoms with van der Waals surface area (Å²) in [4.78, 5) is 27.9. The Morgan fingerprint density at radius 1 is 1.27 bits per heavy atom. The number of nitrogens with one attached hydrogen (secondary N) is 1. The second-order valence-corrected chi connectivity index (χ2v) is 11.5. The van der Waals surface area contributed by atoms with E-state index in [0.717, 1.165) is 0 Å². The Kier molecular flexibility index (Phi) is 5.32. The van der Waals surface area contributed by atoms with E-state index in [0.29, 0.717) is 17.5 Å². The van der Waals surface area contributed by atoms with Crippen molar-refractivity contribution in [1.29, 1.82) is 0 Å². The third kappa shape index (κ3) is 3.34. The van der Waals surface area contributed by atoms with Gasteiger partial charge in [-0.15, -0.1) is 0 Å². The molecule has 1 unspecified atom stereocenters. The maximum Gasteiger partial charge on any atom is 0.253 e. The van der Waals surface area contributed by atoms with Crippen molar-refractivity contribution in [2.75, 3.05) is 14.1 Å². The first-order chi connectivity index (χ1) is 17.2. The zero-order valence-corrected chi connectivity index (χ0v) is 21.4. The van der Waals surface area contributed by atoms with Crippen LogP contribution in [0.1, 0.15) is 43.9 Å². The summed E-state index contributed by atoms with van der Waals surface area (Å²) < 4.78 is 5.64. The van der Waals surface area contributed by atoms with E-state index in [-0.39, 0.29) is 28.8 Å². The number of fused-ring (bicyclic) bond motifs is 2. The molecule has 5 rings (SSSR count). The van der Waals surface area contributed by atoms with Gasteiger partial charge in [0.05, 0.1) is 17.8 Å². The summed E-state index contributed by atoms with van der Waals surface area (Å²) in [7, 11) is 3.36. The Morgan fingerprint density at radius 2 is 1.95 bits per heavy atom. The van der Waals surface area contributed by atoms with Crippen molar-refractivity contribution in [2.24, 2.45) is 22.7 Å². The summed E-state index contributed by atoms with van der Waals surface area (Å²) in [5.74, 6) is -6.46. The second kappa shape index (κ2) is 7.80. The number of aliphatic hydroxyl groups excluding tert-OH is 2. The average Bonchev–Trinajstić information content (AvgIpc) is 3.39. The van der Waals surface area contributed by atoms with Gasteiger partial charge >= 0.3 is 0 Å². The van der Waals surface area contributed by atoms with Crippen LogP contribution in [-0.2, 0) is 20.7 Å². The molecule has 11 nitrogen and oxygen atoms in total. The lowest BCUT2D eigenvalue weighted by Gasteiger charge is -2.45. The predicted molar refractivity (Wildman–Crippen MR) is 134 cm³/mol. The molecule has 198 valence electrons. The number of epoxide rings is 1. The van der Waals surface area contributed by atoms with Crippen LogP contribution >= 0.6 is 0 Å². The third-order valence-electron chi connectivity index (χ3n) is 7.75. The van der Waals surface area contributed by atoms with Crippen molar-refractivity contribution < 1.29 is 34.8 Å². The molecule has 3 aliphatic carbocycles. The minimum absolute atomic E-state index is 0.0135. The van der Waals surface area contributed by atoms with Gasteiger partial charge in [-0.2, -0.15) is 5.10 Å². The van der Waals surface area contributed by atoms with E-state index >= 15 is 0 Å². The highest BCUT2D eigenvalue weighted by atomic mass is 16.8. The molecule has 0 bridgehead atoms. The molecule has 0 radical (unpaired) electrons. The topological polar surface area (TPSA) is 181 Å².